The maximum atomic E-state index is 2.38. The molecule has 0 spiro atoms. The molecule has 38 heavy (non-hydrogen) atoms. The Morgan fingerprint density at radius 1 is 0.237 bits per heavy atom. The average Bonchev–Trinajstić information content (AvgIpc) is 3.50. The number of rotatable bonds is 3. The quantitative estimate of drug-likeness (QED) is 0.236. The zero-order chi connectivity index (χ0) is 25.1. The lowest BCUT2D eigenvalue weighted by Crippen LogP contribution is -1.92. The molecule has 6 aromatic carbocycles. The standard InChI is InChI=1S/C38H24/c1-3-11-25(12-4-1)28-21-19-26-20-22-29(24-30(26)23-28)36-32-16-8-10-18-34(32)37-35(27-13-5-2-6-14-27)31-15-7-9-17-33(31)38(36)37/h1-24H. The summed E-state index contributed by atoms with van der Waals surface area (Å²) in [6, 6.07) is 53.1. The Kier molecular flexibility index (Phi) is 4.62. The van der Waals surface area contributed by atoms with Crippen LogP contribution in [0.15, 0.2) is 146 Å². The second kappa shape index (κ2) is 8.30. The van der Waals surface area contributed by atoms with Gasteiger partial charge in [0, 0.05) is 0 Å². The van der Waals surface area contributed by atoms with E-state index in [2.05, 4.69) is 146 Å². The number of hydrogen-bond donors (Lipinski definition) is 0. The van der Waals surface area contributed by atoms with Gasteiger partial charge in [0.15, 0.2) is 0 Å². The Hall–Kier alpha value is -4.94. The average molecular weight is 481 g/mol. The van der Waals surface area contributed by atoms with Crippen LogP contribution in [-0.2, 0) is 0 Å². The van der Waals surface area contributed by atoms with E-state index in [1.165, 1.54) is 77.6 Å². The van der Waals surface area contributed by atoms with Crippen molar-refractivity contribution >= 4 is 33.1 Å². The summed E-state index contributed by atoms with van der Waals surface area (Å²) >= 11 is 0. The summed E-state index contributed by atoms with van der Waals surface area (Å²) in [4.78, 5) is 0. The predicted molar refractivity (Wildman–Crippen MR) is 161 cm³/mol. The van der Waals surface area contributed by atoms with E-state index < -0.39 is 0 Å². The Labute approximate surface area is 222 Å². The van der Waals surface area contributed by atoms with Gasteiger partial charge in [0.25, 0.3) is 0 Å². The first-order chi connectivity index (χ1) is 18.9. The zero-order valence-electron chi connectivity index (χ0n) is 20.9. The molecule has 8 rings (SSSR count). The van der Waals surface area contributed by atoms with E-state index in [0.29, 0.717) is 0 Å². The van der Waals surface area contributed by atoms with E-state index in [1.807, 2.05) is 0 Å². The lowest BCUT2D eigenvalue weighted by atomic mass is 9.91. The molecule has 0 heteroatoms. The molecule has 2 aliphatic carbocycles. The van der Waals surface area contributed by atoms with E-state index in [1.54, 1.807) is 0 Å². The van der Waals surface area contributed by atoms with Crippen molar-refractivity contribution in [2.45, 2.75) is 0 Å². The van der Waals surface area contributed by atoms with Crippen molar-refractivity contribution < 1.29 is 0 Å². The van der Waals surface area contributed by atoms with Gasteiger partial charge in [-0.05, 0) is 89.7 Å². The Morgan fingerprint density at radius 2 is 0.658 bits per heavy atom. The molecular formula is C38H24. The van der Waals surface area contributed by atoms with Crippen molar-refractivity contribution in [2.24, 2.45) is 0 Å². The monoisotopic (exact) mass is 480 g/mol. The topological polar surface area (TPSA) is 0 Å². The van der Waals surface area contributed by atoms with Crippen LogP contribution in [0.4, 0.5) is 0 Å². The summed E-state index contributed by atoms with van der Waals surface area (Å²) < 4.78 is 0. The normalized spacial score (nSPS) is 13.6. The Bertz CT molecular complexity index is 1940. The molecule has 0 saturated carbocycles. The fourth-order valence-electron chi connectivity index (χ4n) is 6.31. The molecule has 0 aliphatic heterocycles. The number of benzene rings is 6. The molecule has 0 nitrogen and oxygen atoms in total. The minimum atomic E-state index is 1.25. The molecule has 0 N–H and O–H groups in total. The number of allylic oxidation sites excluding steroid dienone is 2. The minimum Gasteiger partial charge on any atom is -0.0622 e. The van der Waals surface area contributed by atoms with E-state index in [4.69, 9.17) is 0 Å². The van der Waals surface area contributed by atoms with Crippen LogP contribution < -0.4 is 0 Å². The van der Waals surface area contributed by atoms with Crippen LogP contribution in [0.2, 0.25) is 0 Å². The highest BCUT2D eigenvalue weighted by molar-refractivity contribution is 6.35. The molecule has 0 fully saturated rings. The maximum Gasteiger partial charge on any atom is -0.000763 e. The predicted octanol–water partition coefficient (Wildman–Crippen LogP) is 9.75. The van der Waals surface area contributed by atoms with Crippen LogP contribution in [0.25, 0.3) is 44.2 Å². The van der Waals surface area contributed by atoms with E-state index in [9.17, 15) is 0 Å². The van der Waals surface area contributed by atoms with Crippen LogP contribution in [-0.4, -0.2) is 0 Å². The molecule has 0 unspecified atom stereocenters. The van der Waals surface area contributed by atoms with Crippen LogP contribution >= 0.6 is 0 Å². The van der Waals surface area contributed by atoms with Crippen LogP contribution in [0, 0.1) is 0 Å². The van der Waals surface area contributed by atoms with Crippen LogP contribution in [0.3, 0.4) is 0 Å². The van der Waals surface area contributed by atoms with Crippen molar-refractivity contribution in [3.63, 3.8) is 0 Å². The van der Waals surface area contributed by atoms with E-state index in [-0.39, 0.29) is 0 Å². The van der Waals surface area contributed by atoms with Gasteiger partial charge in [0.05, 0.1) is 0 Å². The summed E-state index contributed by atoms with van der Waals surface area (Å²) in [7, 11) is 0. The molecule has 0 atom stereocenters. The molecule has 0 amide bonds. The van der Waals surface area contributed by atoms with Gasteiger partial charge < -0.3 is 0 Å². The first-order valence-electron chi connectivity index (χ1n) is 13.2. The maximum absolute atomic E-state index is 2.38. The Morgan fingerprint density at radius 3 is 1.24 bits per heavy atom. The smallest absolute Gasteiger partial charge is 0.000763 e. The fraction of sp³-hybridized carbons (Fsp3) is 0. The number of hydrogen-bond acceptors (Lipinski definition) is 0. The highest BCUT2D eigenvalue weighted by Crippen LogP contribution is 2.58. The lowest BCUT2D eigenvalue weighted by Gasteiger charge is -2.12. The highest BCUT2D eigenvalue weighted by Gasteiger charge is 2.37. The van der Waals surface area contributed by atoms with Gasteiger partial charge in [0.2, 0.25) is 0 Å². The Balaban J connectivity index is 1.41. The summed E-state index contributed by atoms with van der Waals surface area (Å²) in [5.41, 5.74) is 15.7. The molecule has 0 heterocycles. The third-order valence-corrected chi connectivity index (χ3v) is 7.98. The third-order valence-electron chi connectivity index (χ3n) is 7.98. The first kappa shape index (κ1) is 21.2. The molecule has 6 aromatic rings. The summed E-state index contributed by atoms with van der Waals surface area (Å²) in [5.74, 6) is 0. The van der Waals surface area contributed by atoms with Crippen molar-refractivity contribution in [1.29, 1.82) is 0 Å². The summed E-state index contributed by atoms with van der Waals surface area (Å²) in [6.45, 7) is 0. The summed E-state index contributed by atoms with van der Waals surface area (Å²) in [5, 5.41) is 2.53. The SMILES string of the molecule is c1ccc(C2=C3C(=C(c4ccc5ccc(-c6ccccc6)cc5c4)c4ccccc43)c3ccccc32)cc1. The molecule has 0 aromatic heterocycles. The van der Waals surface area contributed by atoms with E-state index in [0.717, 1.165) is 0 Å². The van der Waals surface area contributed by atoms with Crippen LogP contribution in [0.5, 0.6) is 0 Å². The van der Waals surface area contributed by atoms with Gasteiger partial charge in [-0.15, -0.1) is 0 Å². The molecule has 0 radical (unpaired) electrons. The van der Waals surface area contributed by atoms with Gasteiger partial charge in [0.1, 0.15) is 0 Å². The minimum absolute atomic E-state index is 1.25. The van der Waals surface area contributed by atoms with Gasteiger partial charge >= 0.3 is 0 Å². The van der Waals surface area contributed by atoms with Gasteiger partial charge in [-0.2, -0.15) is 0 Å². The second-order valence-electron chi connectivity index (χ2n) is 10.1. The van der Waals surface area contributed by atoms with Crippen LogP contribution in [0.1, 0.15) is 33.4 Å². The van der Waals surface area contributed by atoms with Crippen molar-refractivity contribution in [3.8, 4) is 11.1 Å². The fourth-order valence-corrected chi connectivity index (χ4v) is 6.31. The van der Waals surface area contributed by atoms with Crippen molar-refractivity contribution in [2.75, 3.05) is 0 Å². The van der Waals surface area contributed by atoms with Crippen molar-refractivity contribution in [1.82, 2.24) is 0 Å². The molecule has 176 valence electrons. The van der Waals surface area contributed by atoms with Crippen molar-refractivity contribution in [3.05, 3.63) is 179 Å². The molecule has 0 bridgehead atoms. The number of fused-ring (bicyclic) bond motifs is 6. The highest BCUT2D eigenvalue weighted by atomic mass is 14.4. The lowest BCUT2D eigenvalue weighted by molar-refractivity contribution is 1.53. The third kappa shape index (κ3) is 3.11. The molecule has 0 saturated heterocycles. The van der Waals surface area contributed by atoms with Gasteiger partial charge in [-0.25, -0.2) is 0 Å². The molecular weight excluding hydrogens is 456 g/mol. The van der Waals surface area contributed by atoms with Gasteiger partial charge in [-0.3, -0.25) is 0 Å². The molecule has 2 aliphatic rings. The largest absolute Gasteiger partial charge is 0.0622 e. The van der Waals surface area contributed by atoms with E-state index >= 15 is 0 Å². The second-order valence-corrected chi connectivity index (χ2v) is 10.1. The first-order valence-corrected chi connectivity index (χ1v) is 13.2. The zero-order valence-corrected chi connectivity index (χ0v) is 20.9. The van der Waals surface area contributed by atoms with Gasteiger partial charge in [-0.1, -0.05) is 133 Å². The summed E-state index contributed by atoms with van der Waals surface area (Å²) in [6.07, 6.45) is 0.